The molecule has 0 spiro atoms. The third-order valence-corrected chi connectivity index (χ3v) is 6.68. The third kappa shape index (κ3) is 4.92. The van der Waals surface area contributed by atoms with E-state index in [0.717, 1.165) is 12.0 Å². The Bertz CT molecular complexity index is 684. The zero-order valence-corrected chi connectivity index (χ0v) is 15.8. The second-order valence-electron chi connectivity index (χ2n) is 6.74. The fourth-order valence-electron chi connectivity index (χ4n) is 3.32. The molecule has 1 saturated heterocycles. The predicted octanol–water partition coefficient (Wildman–Crippen LogP) is 1.09. The van der Waals surface area contributed by atoms with Crippen molar-refractivity contribution in [3.8, 4) is 0 Å². The first-order chi connectivity index (χ1) is 12.3. The summed E-state index contributed by atoms with van der Waals surface area (Å²) in [5.74, 6) is -0.871. The highest BCUT2D eigenvalue weighted by Gasteiger charge is 2.45. The second-order valence-corrected chi connectivity index (χ2v) is 8.78. The van der Waals surface area contributed by atoms with Crippen molar-refractivity contribution in [1.82, 2.24) is 0 Å². The van der Waals surface area contributed by atoms with Crippen molar-refractivity contribution in [2.24, 2.45) is 5.92 Å². The molecule has 1 aliphatic heterocycles. The van der Waals surface area contributed by atoms with E-state index in [1.165, 1.54) is 0 Å². The van der Waals surface area contributed by atoms with Crippen molar-refractivity contribution in [2.45, 2.75) is 55.5 Å². The summed E-state index contributed by atoms with van der Waals surface area (Å²) in [5.41, 5.74) is 1.05. The summed E-state index contributed by atoms with van der Waals surface area (Å²) < 4.78 is 31.3. The second kappa shape index (κ2) is 9.10. The van der Waals surface area contributed by atoms with E-state index in [0.29, 0.717) is 6.42 Å². The molecule has 2 rings (SSSR count). The van der Waals surface area contributed by atoms with Crippen LogP contribution in [-0.2, 0) is 21.0 Å². The van der Waals surface area contributed by atoms with Crippen LogP contribution in [0.1, 0.15) is 25.3 Å². The van der Waals surface area contributed by atoms with Gasteiger partial charge >= 0.3 is 0 Å². The summed E-state index contributed by atoms with van der Waals surface area (Å²) >= 11 is 0. The molecule has 0 radical (unpaired) electrons. The Hall–Kier alpha value is -1.25. The van der Waals surface area contributed by atoms with Gasteiger partial charge in [0, 0.05) is 12.3 Å². The van der Waals surface area contributed by atoms with Gasteiger partial charge in [-0.05, 0) is 30.5 Å². The molecule has 1 aromatic carbocycles. The van der Waals surface area contributed by atoms with Gasteiger partial charge in [0.15, 0.2) is 9.84 Å². The first kappa shape index (κ1) is 21.1. The maximum atomic E-state index is 12.8. The highest BCUT2D eigenvalue weighted by molar-refractivity contribution is 7.91. The predicted molar refractivity (Wildman–Crippen MR) is 98.6 cm³/mol. The van der Waals surface area contributed by atoms with Gasteiger partial charge in [0.1, 0.15) is 0 Å². The van der Waals surface area contributed by atoms with Crippen molar-refractivity contribution >= 4 is 9.84 Å². The highest BCUT2D eigenvalue weighted by Crippen LogP contribution is 2.34. The van der Waals surface area contributed by atoms with Crippen LogP contribution >= 0.6 is 0 Å². The smallest absolute Gasteiger partial charge is 0.178 e. The quantitative estimate of drug-likeness (QED) is 0.551. The average molecular weight is 384 g/mol. The first-order valence-electron chi connectivity index (χ1n) is 8.87. The topological polar surface area (TPSA) is 104 Å². The van der Waals surface area contributed by atoms with Crippen molar-refractivity contribution < 1.29 is 28.5 Å². The van der Waals surface area contributed by atoms with Crippen LogP contribution < -0.4 is 0 Å². The molecular weight excluding hydrogens is 356 g/mol. The number of sulfone groups is 1. The molecule has 146 valence electrons. The number of hydrogen-bond donors (Lipinski definition) is 3. The molecule has 0 saturated carbocycles. The Morgan fingerprint density at radius 2 is 1.92 bits per heavy atom. The van der Waals surface area contributed by atoms with Gasteiger partial charge in [-0.2, -0.15) is 0 Å². The van der Waals surface area contributed by atoms with Crippen molar-refractivity contribution in [2.75, 3.05) is 12.4 Å². The summed E-state index contributed by atoms with van der Waals surface area (Å²) in [7, 11) is -3.60. The van der Waals surface area contributed by atoms with Gasteiger partial charge in [-0.1, -0.05) is 25.1 Å². The molecule has 5 atom stereocenters. The summed E-state index contributed by atoms with van der Waals surface area (Å²) in [6.07, 6.45) is -0.372. The molecule has 0 unspecified atom stereocenters. The molecule has 26 heavy (non-hydrogen) atoms. The summed E-state index contributed by atoms with van der Waals surface area (Å²) in [4.78, 5) is 0.220. The number of ether oxygens (including phenoxy) is 1. The Balaban J connectivity index is 2.18. The molecule has 7 heteroatoms. The van der Waals surface area contributed by atoms with Crippen LogP contribution in [0.3, 0.4) is 0 Å². The van der Waals surface area contributed by atoms with Gasteiger partial charge in [0.2, 0.25) is 0 Å². The molecule has 1 aromatic rings. The number of benzene rings is 1. The van der Waals surface area contributed by atoms with Crippen LogP contribution in [0, 0.1) is 5.92 Å². The third-order valence-electron chi connectivity index (χ3n) is 4.86. The molecular formula is C19H28O6S. The zero-order valence-electron chi connectivity index (χ0n) is 15.0. The van der Waals surface area contributed by atoms with Crippen molar-refractivity contribution in [3.05, 3.63) is 42.5 Å². The van der Waals surface area contributed by atoms with Crippen molar-refractivity contribution in [3.63, 3.8) is 0 Å². The summed E-state index contributed by atoms with van der Waals surface area (Å²) in [5, 5.41) is 29.2. The van der Waals surface area contributed by atoms with E-state index < -0.39 is 46.8 Å². The molecule has 0 aromatic heterocycles. The van der Waals surface area contributed by atoms with E-state index in [2.05, 4.69) is 6.58 Å². The Morgan fingerprint density at radius 3 is 2.46 bits per heavy atom. The van der Waals surface area contributed by atoms with Crippen LogP contribution in [0.2, 0.25) is 0 Å². The molecule has 1 fully saturated rings. The Morgan fingerprint density at radius 1 is 1.27 bits per heavy atom. The van der Waals surface area contributed by atoms with Crippen molar-refractivity contribution in [1.29, 1.82) is 0 Å². The maximum absolute atomic E-state index is 12.8. The number of aliphatic hydroxyl groups excluding tert-OH is 3. The Labute approximate surface area is 155 Å². The maximum Gasteiger partial charge on any atom is 0.178 e. The van der Waals surface area contributed by atoms with Crippen LogP contribution in [0.25, 0.3) is 0 Å². The van der Waals surface area contributed by atoms with Gasteiger partial charge in [-0.25, -0.2) is 8.42 Å². The fraction of sp³-hybridized carbons (Fsp3) is 0.579. The monoisotopic (exact) mass is 384 g/mol. The molecule has 0 aliphatic carbocycles. The molecule has 0 amide bonds. The van der Waals surface area contributed by atoms with E-state index in [4.69, 9.17) is 9.84 Å². The van der Waals surface area contributed by atoms with Crippen LogP contribution in [-0.4, -0.2) is 60.5 Å². The van der Waals surface area contributed by atoms with Gasteiger partial charge in [0.25, 0.3) is 0 Å². The molecule has 1 heterocycles. The minimum Gasteiger partial charge on any atom is -0.394 e. The van der Waals surface area contributed by atoms with E-state index in [1.54, 1.807) is 30.3 Å². The van der Waals surface area contributed by atoms with E-state index in [1.807, 2.05) is 6.92 Å². The Kier molecular flexibility index (Phi) is 7.37. The fourth-order valence-corrected chi connectivity index (χ4v) is 4.98. The van der Waals surface area contributed by atoms with Gasteiger partial charge in [-0.3, -0.25) is 0 Å². The molecule has 6 nitrogen and oxygen atoms in total. The van der Waals surface area contributed by atoms with E-state index >= 15 is 0 Å². The highest BCUT2D eigenvalue weighted by atomic mass is 32.2. The lowest BCUT2D eigenvalue weighted by Crippen LogP contribution is -2.35. The SMILES string of the molecule is C=CC[C@@H]1O[C@H](C[C@H](O)CO)[C@H](O)[C@H]1CS(=O)(=O)c1ccc(CC)cc1. The van der Waals surface area contributed by atoms with Gasteiger partial charge in [0.05, 0.1) is 41.7 Å². The number of rotatable bonds is 9. The number of hydrogen-bond acceptors (Lipinski definition) is 6. The lowest BCUT2D eigenvalue weighted by molar-refractivity contribution is -0.0289. The van der Waals surface area contributed by atoms with E-state index in [9.17, 15) is 18.6 Å². The van der Waals surface area contributed by atoms with Gasteiger partial charge in [-0.15, -0.1) is 6.58 Å². The van der Waals surface area contributed by atoms with Gasteiger partial charge < -0.3 is 20.1 Å². The van der Waals surface area contributed by atoms with Crippen LogP contribution in [0.4, 0.5) is 0 Å². The lowest BCUT2D eigenvalue weighted by Gasteiger charge is -2.20. The average Bonchev–Trinajstić information content (AvgIpc) is 2.90. The minimum absolute atomic E-state index is 0.0487. The number of aliphatic hydroxyl groups is 3. The lowest BCUT2D eigenvalue weighted by atomic mass is 9.94. The number of aryl methyl sites for hydroxylation is 1. The van der Waals surface area contributed by atoms with E-state index in [-0.39, 0.29) is 17.1 Å². The summed E-state index contributed by atoms with van der Waals surface area (Å²) in [6.45, 7) is 5.22. The zero-order chi connectivity index (χ0) is 19.3. The van der Waals surface area contributed by atoms with Crippen LogP contribution in [0.5, 0.6) is 0 Å². The summed E-state index contributed by atoms with van der Waals surface area (Å²) in [6, 6.07) is 6.75. The largest absolute Gasteiger partial charge is 0.394 e. The standard InChI is InChI=1S/C19H28O6S/c1-3-5-17-16(19(22)18(25-17)10-14(21)11-20)12-26(23,24)15-8-6-13(4-2)7-9-15/h3,6-9,14,16-22H,1,4-5,10-12H2,2H3/t14-,16-,17-,18+,19+/m0/s1. The molecule has 3 N–H and O–H groups in total. The minimum atomic E-state index is -3.60. The van der Waals surface area contributed by atoms with Crippen LogP contribution in [0.15, 0.2) is 41.8 Å². The first-order valence-corrected chi connectivity index (χ1v) is 10.5. The molecule has 1 aliphatic rings. The molecule has 0 bridgehead atoms. The normalized spacial score (nSPS) is 27.4.